The molecule has 1 aromatic rings. The summed E-state index contributed by atoms with van der Waals surface area (Å²) in [4.78, 5) is 0. The van der Waals surface area contributed by atoms with Gasteiger partial charge in [0.2, 0.25) is 0 Å². The van der Waals surface area contributed by atoms with E-state index in [0.29, 0.717) is 12.2 Å². The predicted molar refractivity (Wildman–Crippen MR) is 84.2 cm³/mol. The van der Waals surface area contributed by atoms with Gasteiger partial charge < -0.3 is 5.32 Å². The van der Waals surface area contributed by atoms with Crippen molar-refractivity contribution in [1.82, 2.24) is 9.62 Å². The Balaban J connectivity index is 2.55. The molecule has 0 bridgehead atoms. The molecule has 0 saturated heterocycles. The molecule has 1 N–H and O–H groups in total. The van der Waals surface area contributed by atoms with Crippen LogP contribution in [0.3, 0.4) is 0 Å². The molecule has 0 heterocycles. The van der Waals surface area contributed by atoms with Gasteiger partial charge in [0.1, 0.15) is 0 Å². The summed E-state index contributed by atoms with van der Waals surface area (Å²) in [7, 11) is -0.246. The van der Waals surface area contributed by atoms with Crippen LogP contribution in [0.25, 0.3) is 0 Å². The van der Waals surface area contributed by atoms with Crippen molar-refractivity contribution >= 4 is 15.9 Å². The summed E-state index contributed by atoms with van der Waals surface area (Å²) in [5.74, 6) is 0. The number of anilines is 1. The Morgan fingerprint density at radius 3 is 2.35 bits per heavy atom. The van der Waals surface area contributed by atoms with Gasteiger partial charge in [-0.2, -0.15) is 12.7 Å². The summed E-state index contributed by atoms with van der Waals surface area (Å²) in [6, 6.07) is 9.10. The van der Waals surface area contributed by atoms with Crippen LogP contribution in [-0.4, -0.2) is 46.5 Å². The van der Waals surface area contributed by atoms with Crippen LogP contribution in [0, 0.1) is 0 Å². The summed E-state index contributed by atoms with van der Waals surface area (Å²) in [6.45, 7) is 4.43. The second-order valence-electron chi connectivity index (χ2n) is 4.74. The van der Waals surface area contributed by atoms with Gasteiger partial charge in [0.25, 0.3) is 0 Å². The molecule has 6 heteroatoms. The van der Waals surface area contributed by atoms with Gasteiger partial charge in [0.15, 0.2) is 0 Å². The van der Waals surface area contributed by atoms with E-state index in [2.05, 4.69) is 12.2 Å². The lowest BCUT2D eigenvalue weighted by Crippen LogP contribution is -2.40. The van der Waals surface area contributed by atoms with Crippen LogP contribution in [0.4, 0.5) is 5.69 Å². The van der Waals surface area contributed by atoms with Gasteiger partial charge in [-0.05, 0) is 38.1 Å². The van der Waals surface area contributed by atoms with E-state index >= 15 is 0 Å². The molecule has 0 aliphatic carbocycles. The molecule has 0 fully saturated rings. The summed E-state index contributed by atoms with van der Waals surface area (Å²) >= 11 is 0. The van der Waals surface area contributed by atoms with Crippen molar-refractivity contribution in [3.05, 3.63) is 30.3 Å². The van der Waals surface area contributed by atoms with E-state index in [-0.39, 0.29) is 0 Å². The molecular formula is C14H25N3O2S. The van der Waals surface area contributed by atoms with Crippen molar-refractivity contribution in [2.45, 2.75) is 19.8 Å². The van der Waals surface area contributed by atoms with E-state index in [9.17, 15) is 8.42 Å². The number of rotatable bonds is 9. The fourth-order valence-corrected chi connectivity index (χ4v) is 2.99. The monoisotopic (exact) mass is 299 g/mol. The van der Waals surface area contributed by atoms with Gasteiger partial charge >= 0.3 is 10.2 Å². The van der Waals surface area contributed by atoms with Crippen LogP contribution < -0.4 is 9.62 Å². The summed E-state index contributed by atoms with van der Waals surface area (Å²) in [5, 5.41) is 3.27. The van der Waals surface area contributed by atoms with E-state index in [1.54, 1.807) is 26.2 Å². The Hall–Kier alpha value is -1.11. The molecular weight excluding hydrogens is 274 g/mol. The molecule has 0 atom stereocenters. The van der Waals surface area contributed by atoms with Gasteiger partial charge in [-0.15, -0.1) is 0 Å². The second-order valence-corrected chi connectivity index (χ2v) is 6.80. The Labute approximate surface area is 122 Å². The molecule has 0 unspecified atom stereocenters. The van der Waals surface area contributed by atoms with Crippen LogP contribution in [0.15, 0.2) is 30.3 Å². The van der Waals surface area contributed by atoms with Crippen LogP contribution >= 0.6 is 0 Å². The first-order valence-corrected chi connectivity index (χ1v) is 8.35. The molecule has 0 spiro atoms. The summed E-state index contributed by atoms with van der Waals surface area (Å²) in [6.07, 6.45) is 1.89. The minimum atomic E-state index is -3.45. The molecule has 0 radical (unpaired) electrons. The number of benzene rings is 1. The molecule has 1 rings (SSSR count). The highest BCUT2D eigenvalue weighted by Gasteiger charge is 2.23. The maximum atomic E-state index is 12.4. The Bertz CT molecular complexity index is 476. The highest BCUT2D eigenvalue weighted by molar-refractivity contribution is 7.90. The van der Waals surface area contributed by atoms with Crippen LogP contribution in [0.5, 0.6) is 0 Å². The zero-order valence-electron chi connectivity index (χ0n) is 12.5. The maximum Gasteiger partial charge on any atom is 0.303 e. The van der Waals surface area contributed by atoms with Crippen molar-refractivity contribution in [3.8, 4) is 0 Å². The van der Waals surface area contributed by atoms with Gasteiger partial charge in [-0.1, -0.05) is 25.1 Å². The first-order valence-electron chi connectivity index (χ1n) is 6.96. The standard InChI is InChI=1S/C14H25N3O2S/c1-4-11-15-12-8-13-16(2)20(18,19)17(3)14-9-6-5-7-10-14/h5-7,9-10,15H,4,8,11-13H2,1-3H3. The summed E-state index contributed by atoms with van der Waals surface area (Å²) < 4.78 is 27.5. The molecule has 0 aliphatic rings. The van der Waals surface area contributed by atoms with Crippen LogP contribution in [0.2, 0.25) is 0 Å². The Morgan fingerprint density at radius 2 is 1.75 bits per heavy atom. The first-order chi connectivity index (χ1) is 9.50. The summed E-state index contributed by atoms with van der Waals surface area (Å²) in [5.41, 5.74) is 0.670. The second kappa shape index (κ2) is 8.24. The quantitative estimate of drug-likeness (QED) is 0.706. The van der Waals surface area contributed by atoms with Crippen molar-refractivity contribution < 1.29 is 8.42 Å². The number of hydrogen-bond donors (Lipinski definition) is 1. The number of hydrogen-bond acceptors (Lipinski definition) is 3. The zero-order chi connectivity index (χ0) is 15.0. The van der Waals surface area contributed by atoms with Crippen molar-refractivity contribution in [2.24, 2.45) is 0 Å². The predicted octanol–water partition coefficient (Wildman–Crippen LogP) is 1.69. The molecule has 114 valence electrons. The van der Waals surface area contributed by atoms with Crippen molar-refractivity contribution in [1.29, 1.82) is 0 Å². The minimum Gasteiger partial charge on any atom is -0.317 e. The SMILES string of the molecule is CCCNCCCN(C)S(=O)(=O)N(C)c1ccccc1. The van der Waals surface area contributed by atoms with Gasteiger partial charge in [0.05, 0.1) is 5.69 Å². The van der Waals surface area contributed by atoms with Gasteiger partial charge in [-0.3, -0.25) is 4.31 Å². The van der Waals surface area contributed by atoms with E-state index in [1.807, 2.05) is 18.2 Å². The molecule has 1 aromatic carbocycles. The van der Waals surface area contributed by atoms with Crippen LogP contribution in [-0.2, 0) is 10.2 Å². The third kappa shape index (κ3) is 4.77. The average Bonchev–Trinajstić information content (AvgIpc) is 2.46. The number of nitrogens with zero attached hydrogens (tertiary/aromatic N) is 2. The van der Waals surface area contributed by atoms with E-state index in [4.69, 9.17) is 0 Å². The molecule has 0 aromatic heterocycles. The third-order valence-corrected chi connectivity index (χ3v) is 4.99. The van der Waals surface area contributed by atoms with Crippen molar-refractivity contribution in [2.75, 3.05) is 38.0 Å². The zero-order valence-corrected chi connectivity index (χ0v) is 13.4. The minimum absolute atomic E-state index is 0.510. The fraction of sp³-hybridized carbons (Fsp3) is 0.571. The van der Waals surface area contributed by atoms with Gasteiger partial charge in [-0.25, -0.2) is 0 Å². The normalized spacial score (nSPS) is 11.8. The molecule has 5 nitrogen and oxygen atoms in total. The van der Waals surface area contributed by atoms with E-state index in [0.717, 1.165) is 25.9 Å². The van der Waals surface area contributed by atoms with E-state index in [1.165, 1.54) is 8.61 Å². The fourth-order valence-electron chi connectivity index (χ4n) is 1.82. The number of nitrogens with one attached hydrogen (secondary N) is 1. The lowest BCUT2D eigenvalue weighted by atomic mass is 10.3. The topological polar surface area (TPSA) is 52.7 Å². The largest absolute Gasteiger partial charge is 0.317 e. The Morgan fingerprint density at radius 1 is 1.10 bits per heavy atom. The van der Waals surface area contributed by atoms with Crippen molar-refractivity contribution in [3.63, 3.8) is 0 Å². The smallest absolute Gasteiger partial charge is 0.303 e. The molecule has 0 aliphatic heterocycles. The number of para-hydroxylation sites is 1. The average molecular weight is 299 g/mol. The van der Waals surface area contributed by atoms with Gasteiger partial charge in [0, 0.05) is 20.6 Å². The Kier molecular flexibility index (Phi) is 6.98. The lowest BCUT2D eigenvalue weighted by Gasteiger charge is -2.25. The maximum absolute atomic E-state index is 12.4. The molecule has 20 heavy (non-hydrogen) atoms. The lowest BCUT2D eigenvalue weighted by molar-refractivity contribution is 0.453. The first kappa shape index (κ1) is 16.9. The molecule has 0 amide bonds. The highest BCUT2D eigenvalue weighted by Crippen LogP contribution is 2.17. The van der Waals surface area contributed by atoms with E-state index < -0.39 is 10.2 Å². The third-order valence-electron chi connectivity index (χ3n) is 3.11. The molecule has 0 saturated carbocycles. The highest BCUT2D eigenvalue weighted by atomic mass is 32.2. The van der Waals surface area contributed by atoms with Crippen LogP contribution in [0.1, 0.15) is 19.8 Å².